The van der Waals surface area contributed by atoms with E-state index in [0.717, 1.165) is 27.7 Å². The van der Waals surface area contributed by atoms with E-state index in [1.807, 2.05) is 42.5 Å². The highest BCUT2D eigenvalue weighted by atomic mass is 32.1. The van der Waals surface area contributed by atoms with Crippen molar-refractivity contribution in [1.29, 1.82) is 0 Å². The quantitative estimate of drug-likeness (QED) is 0.214. The van der Waals surface area contributed by atoms with Crippen molar-refractivity contribution in [2.45, 2.75) is 6.42 Å². The van der Waals surface area contributed by atoms with Gasteiger partial charge in [0.2, 0.25) is 11.0 Å². The molecule has 0 aliphatic rings. The van der Waals surface area contributed by atoms with Crippen molar-refractivity contribution in [2.75, 3.05) is 10.6 Å². The number of anilines is 2. The van der Waals surface area contributed by atoms with Gasteiger partial charge in [0, 0.05) is 28.9 Å². The molecule has 0 unspecified atom stereocenters. The lowest BCUT2D eigenvalue weighted by atomic mass is 10.0. The van der Waals surface area contributed by atoms with Gasteiger partial charge in [-0.05, 0) is 52.7 Å². The number of rotatable bonds is 7. The number of amides is 2. The van der Waals surface area contributed by atoms with Crippen LogP contribution in [0.3, 0.4) is 0 Å². The molecule has 1 heterocycles. The van der Waals surface area contributed by atoms with Crippen LogP contribution in [0.15, 0.2) is 91.0 Å². The average molecular weight is 510 g/mol. The SMILES string of the molecule is O=C(Cc1cccc2ccccc12)Nc1ccc(C(=O)Nc2nnc(-c3ccc([N+](=O)[O-])cc3)s2)cc1. The summed E-state index contributed by atoms with van der Waals surface area (Å²) in [5.41, 5.74) is 2.55. The van der Waals surface area contributed by atoms with Gasteiger partial charge in [-0.1, -0.05) is 53.8 Å². The van der Waals surface area contributed by atoms with E-state index >= 15 is 0 Å². The first-order chi connectivity index (χ1) is 18.0. The van der Waals surface area contributed by atoms with E-state index in [0.29, 0.717) is 27.0 Å². The summed E-state index contributed by atoms with van der Waals surface area (Å²) in [6.45, 7) is 0. The van der Waals surface area contributed by atoms with Crippen LogP contribution in [0.5, 0.6) is 0 Å². The molecular formula is C27H19N5O4S. The molecule has 0 saturated heterocycles. The number of nitrogens with one attached hydrogen (secondary N) is 2. The number of fused-ring (bicyclic) bond motifs is 1. The molecule has 1 aromatic heterocycles. The topological polar surface area (TPSA) is 127 Å². The van der Waals surface area contributed by atoms with Crippen LogP contribution >= 0.6 is 11.3 Å². The van der Waals surface area contributed by atoms with Gasteiger partial charge in [0.1, 0.15) is 5.01 Å². The van der Waals surface area contributed by atoms with Crippen LogP contribution in [0, 0.1) is 10.1 Å². The van der Waals surface area contributed by atoms with Crippen molar-refractivity contribution in [3.05, 3.63) is 112 Å². The third kappa shape index (κ3) is 5.49. The second-order valence-electron chi connectivity index (χ2n) is 8.11. The molecule has 5 rings (SSSR count). The summed E-state index contributed by atoms with van der Waals surface area (Å²) in [5, 5.41) is 27.3. The Balaban J connectivity index is 1.20. The maximum absolute atomic E-state index is 12.6. The van der Waals surface area contributed by atoms with Gasteiger partial charge in [0.05, 0.1) is 11.3 Å². The van der Waals surface area contributed by atoms with Crippen LogP contribution in [0.4, 0.5) is 16.5 Å². The summed E-state index contributed by atoms with van der Waals surface area (Å²) in [4.78, 5) is 35.6. The van der Waals surface area contributed by atoms with Crippen molar-refractivity contribution >= 4 is 50.4 Å². The van der Waals surface area contributed by atoms with Gasteiger partial charge in [0.15, 0.2) is 0 Å². The van der Waals surface area contributed by atoms with Gasteiger partial charge < -0.3 is 5.32 Å². The zero-order chi connectivity index (χ0) is 25.8. The smallest absolute Gasteiger partial charge is 0.269 e. The standard InChI is InChI=1S/C27H19N5O4S/c33-24(16-20-6-3-5-17-4-1-2-7-23(17)20)28-21-12-8-18(9-13-21)25(34)29-27-31-30-26(37-27)19-10-14-22(15-11-19)32(35)36/h1-15H,16H2,(H,28,33)(H,29,31,34). The number of carbonyl (C=O) groups is 2. The van der Waals surface area contributed by atoms with Crippen LogP contribution in [-0.2, 0) is 11.2 Å². The van der Waals surface area contributed by atoms with Gasteiger partial charge >= 0.3 is 0 Å². The largest absolute Gasteiger partial charge is 0.326 e. The predicted octanol–water partition coefficient (Wildman–Crippen LogP) is 5.70. The minimum atomic E-state index is -0.475. The first-order valence-corrected chi connectivity index (χ1v) is 12.0. The van der Waals surface area contributed by atoms with Crippen LogP contribution in [0.2, 0.25) is 0 Å². The summed E-state index contributed by atoms with van der Waals surface area (Å²) >= 11 is 1.16. The summed E-state index contributed by atoms with van der Waals surface area (Å²) < 4.78 is 0. The summed E-state index contributed by atoms with van der Waals surface area (Å²) in [5.74, 6) is -0.527. The van der Waals surface area contributed by atoms with Gasteiger partial charge in [-0.25, -0.2) is 0 Å². The molecule has 0 radical (unpaired) electrons. The maximum Gasteiger partial charge on any atom is 0.269 e. The Morgan fingerprint density at radius 2 is 1.57 bits per heavy atom. The lowest BCUT2D eigenvalue weighted by Gasteiger charge is -2.09. The molecule has 5 aromatic rings. The molecule has 0 saturated carbocycles. The fourth-order valence-corrected chi connectivity index (χ4v) is 4.56. The van der Waals surface area contributed by atoms with Crippen molar-refractivity contribution in [3.63, 3.8) is 0 Å². The highest BCUT2D eigenvalue weighted by molar-refractivity contribution is 7.18. The first kappa shape index (κ1) is 23.8. The van der Waals surface area contributed by atoms with E-state index in [-0.39, 0.29) is 23.9 Å². The minimum Gasteiger partial charge on any atom is -0.326 e. The summed E-state index contributed by atoms with van der Waals surface area (Å²) in [7, 11) is 0. The maximum atomic E-state index is 12.6. The highest BCUT2D eigenvalue weighted by Crippen LogP contribution is 2.28. The van der Waals surface area contributed by atoms with E-state index < -0.39 is 4.92 Å². The molecule has 0 aliphatic carbocycles. The van der Waals surface area contributed by atoms with Crippen LogP contribution in [0.1, 0.15) is 15.9 Å². The number of carbonyl (C=O) groups excluding carboxylic acids is 2. The molecule has 10 heteroatoms. The molecule has 4 aromatic carbocycles. The van der Waals surface area contributed by atoms with Gasteiger partial charge in [-0.2, -0.15) is 0 Å². The zero-order valence-electron chi connectivity index (χ0n) is 19.3. The fraction of sp³-hybridized carbons (Fsp3) is 0.0370. The second-order valence-corrected chi connectivity index (χ2v) is 9.09. The number of benzene rings is 4. The Kier molecular flexibility index (Phi) is 6.64. The normalized spacial score (nSPS) is 10.7. The predicted molar refractivity (Wildman–Crippen MR) is 143 cm³/mol. The fourth-order valence-electron chi connectivity index (χ4n) is 3.82. The Hall–Kier alpha value is -4.96. The van der Waals surface area contributed by atoms with Crippen LogP contribution < -0.4 is 10.6 Å². The number of aromatic nitrogens is 2. The highest BCUT2D eigenvalue weighted by Gasteiger charge is 2.13. The van der Waals surface area contributed by atoms with Crippen molar-refractivity contribution in [3.8, 4) is 10.6 Å². The molecule has 0 atom stereocenters. The van der Waals surface area contributed by atoms with Crippen molar-refractivity contribution in [1.82, 2.24) is 10.2 Å². The third-order valence-electron chi connectivity index (χ3n) is 5.63. The van der Waals surface area contributed by atoms with E-state index in [9.17, 15) is 19.7 Å². The zero-order valence-corrected chi connectivity index (χ0v) is 20.1. The number of nitrogens with zero attached hydrogens (tertiary/aromatic N) is 3. The number of nitro benzene ring substituents is 1. The van der Waals surface area contributed by atoms with E-state index in [1.54, 1.807) is 36.4 Å². The molecule has 0 bridgehead atoms. The molecule has 182 valence electrons. The molecule has 2 N–H and O–H groups in total. The molecular weight excluding hydrogens is 490 g/mol. The third-order valence-corrected chi connectivity index (χ3v) is 6.52. The number of non-ortho nitro benzene ring substituents is 1. The van der Waals surface area contributed by atoms with E-state index in [1.165, 1.54) is 12.1 Å². The Morgan fingerprint density at radius 3 is 2.32 bits per heavy atom. The second kappa shape index (κ2) is 10.3. The van der Waals surface area contributed by atoms with Gasteiger partial charge in [0.25, 0.3) is 11.6 Å². The van der Waals surface area contributed by atoms with E-state index in [4.69, 9.17) is 0 Å². The molecule has 0 fully saturated rings. The Bertz CT molecular complexity index is 1610. The van der Waals surface area contributed by atoms with Crippen molar-refractivity contribution < 1.29 is 14.5 Å². The summed E-state index contributed by atoms with van der Waals surface area (Å²) in [6, 6.07) is 26.3. The number of hydrogen-bond acceptors (Lipinski definition) is 7. The van der Waals surface area contributed by atoms with Crippen LogP contribution in [-0.4, -0.2) is 26.9 Å². The molecule has 0 spiro atoms. The minimum absolute atomic E-state index is 0.0185. The number of nitro groups is 1. The van der Waals surface area contributed by atoms with Crippen molar-refractivity contribution in [2.24, 2.45) is 0 Å². The Morgan fingerprint density at radius 1 is 0.838 bits per heavy atom. The lowest BCUT2D eigenvalue weighted by Crippen LogP contribution is -2.15. The summed E-state index contributed by atoms with van der Waals surface area (Å²) in [6.07, 6.45) is 0.234. The Labute approximate surface area is 215 Å². The first-order valence-electron chi connectivity index (χ1n) is 11.2. The molecule has 2 amide bonds. The average Bonchev–Trinajstić information content (AvgIpc) is 3.38. The molecule has 0 aliphatic heterocycles. The molecule has 37 heavy (non-hydrogen) atoms. The van der Waals surface area contributed by atoms with Gasteiger partial charge in [-0.3, -0.25) is 25.0 Å². The van der Waals surface area contributed by atoms with E-state index in [2.05, 4.69) is 20.8 Å². The van der Waals surface area contributed by atoms with Gasteiger partial charge in [-0.15, -0.1) is 10.2 Å². The van der Waals surface area contributed by atoms with Crippen LogP contribution in [0.25, 0.3) is 21.3 Å². The monoisotopic (exact) mass is 509 g/mol. The molecule has 9 nitrogen and oxygen atoms in total. The lowest BCUT2D eigenvalue weighted by molar-refractivity contribution is -0.384. The number of hydrogen-bond donors (Lipinski definition) is 2.